The van der Waals surface area contributed by atoms with Crippen molar-refractivity contribution in [3.63, 3.8) is 0 Å². The molecule has 1 atom stereocenters. The zero-order valence-corrected chi connectivity index (χ0v) is 17.9. The van der Waals surface area contributed by atoms with E-state index < -0.39 is 0 Å². The summed E-state index contributed by atoms with van der Waals surface area (Å²) >= 11 is 1.47. The van der Waals surface area contributed by atoms with E-state index >= 15 is 0 Å². The van der Waals surface area contributed by atoms with E-state index in [2.05, 4.69) is 19.7 Å². The van der Waals surface area contributed by atoms with Crippen molar-refractivity contribution in [1.82, 2.24) is 19.7 Å². The summed E-state index contributed by atoms with van der Waals surface area (Å²) in [7, 11) is 1.76. The molecule has 6 nitrogen and oxygen atoms in total. The van der Waals surface area contributed by atoms with E-state index in [4.69, 9.17) is 0 Å². The molecule has 1 amide bonds. The topological polar surface area (TPSA) is 54.3 Å². The van der Waals surface area contributed by atoms with E-state index in [0.717, 1.165) is 42.6 Å². The smallest absolute Gasteiger partial charge is 0.235 e. The largest absolute Gasteiger partial charge is 0.341 e. The standard InChI is InChI=1S/C21H28FN5OS/c1-15(19(28)25(2)14-16-7-6-8-17(22)13-16)29-21-24-23-20(27(21)18-9-10-18)26-11-4-3-5-12-26/h6-8,13,15,18H,3-5,9-12,14H2,1-2H3. The molecule has 0 bridgehead atoms. The molecule has 0 N–H and O–H groups in total. The summed E-state index contributed by atoms with van der Waals surface area (Å²) in [4.78, 5) is 16.9. The van der Waals surface area contributed by atoms with Gasteiger partial charge in [-0.1, -0.05) is 23.9 Å². The number of hydrogen-bond acceptors (Lipinski definition) is 5. The van der Waals surface area contributed by atoms with Gasteiger partial charge in [0.25, 0.3) is 0 Å². The van der Waals surface area contributed by atoms with Crippen LogP contribution in [0.2, 0.25) is 0 Å². The Labute approximate surface area is 175 Å². The summed E-state index contributed by atoms with van der Waals surface area (Å²) in [5.74, 6) is 0.681. The number of aromatic nitrogens is 3. The van der Waals surface area contributed by atoms with Crippen LogP contribution < -0.4 is 4.90 Å². The average Bonchev–Trinajstić information content (AvgIpc) is 3.48. The summed E-state index contributed by atoms with van der Waals surface area (Å²) in [6, 6.07) is 6.84. The fourth-order valence-corrected chi connectivity index (χ4v) is 4.85. The predicted octanol–water partition coefficient (Wildman–Crippen LogP) is 3.88. The van der Waals surface area contributed by atoms with Crippen molar-refractivity contribution in [2.45, 2.75) is 62.0 Å². The van der Waals surface area contributed by atoms with Crippen LogP contribution in [0, 0.1) is 5.82 Å². The molecule has 156 valence electrons. The predicted molar refractivity (Wildman–Crippen MR) is 113 cm³/mol. The van der Waals surface area contributed by atoms with Crippen LogP contribution in [0.1, 0.15) is 50.6 Å². The molecule has 0 radical (unpaired) electrons. The molecule has 29 heavy (non-hydrogen) atoms. The summed E-state index contributed by atoms with van der Waals surface area (Å²) in [6.45, 7) is 4.35. The number of nitrogens with zero attached hydrogens (tertiary/aromatic N) is 5. The van der Waals surface area contributed by atoms with Crippen LogP contribution in [0.25, 0.3) is 0 Å². The molecule has 1 saturated carbocycles. The molecule has 2 aromatic rings. The lowest BCUT2D eigenvalue weighted by Gasteiger charge is -2.28. The number of halogens is 1. The fraction of sp³-hybridized carbons (Fsp3) is 0.571. The van der Waals surface area contributed by atoms with Gasteiger partial charge in [-0.3, -0.25) is 9.36 Å². The van der Waals surface area contributed by atoms with Crippen molar-refractivity contribution in [2.75, 3.05) is 25.0 Å². The first kappa shape index (κ1) is 20.2. The molecule has 1 aliphatic heterocycles. The molecular formula is C21H28FN5OS. The van der Waals surface area contributed by atoms with Gasteiger partial charge in [-0.2, -0.15) is 0 Å². The van der Waals surface area contributed by atoms with Crippen LogP contribution in [-0.2, 0) is 11.3 Å². The van der Waals surface area contributed by atoms with Crippen LogP contribution in [-0.4, -0.2) is 51.0 Å². The Morgan fingerprint density at radius 3 is 2.72 bits per heavy atom. The summed E-state index contributed by atoms with van der Waals surface area (Å²) in [6.07, 6.45) is 5.96. The number of carbonyl (C=O) groups excluding carboxylic acids is 1. The number of amides is 1. The summed E-state index contributed by atoms with van der Waals surface area (Å²) < 4.78 is 15.7. The second kappa shape index (κ2) is 8.73. The van der Waals surface area contributed by atoms with E-state index in [-0.39, 0.29) is 17.0 Å². The monoisotopic (exact) mass is 417 g/mol. The first-order chi connectivity index (χ1) is 14.0. The Kier molecular flexibility index (Phi) is 6.08. The number of hydrogen-bond donors (Lipinski definition) is 0. The average molecular weight is 418 g/mol. The minimum atomic E-state index is -0.288. The first-order valence-corrected chi connectivity index (χ1v) is 11.3. The van der Waals surface area contributed by atoms with E-state index in [0.29, 0.717) is 12.6 Å². The maximum atomic E-state index is 13.4. The quantitative estimate of drug-likeness (QED) is 0.640. The number of anilines is 1. The number of piperidine rings is 1. The SMILES string of the molecule is CC(Sc1nnc(N2CCCCC2)n1C1CC1)C(=O)N(C)Cc1cccc(F)c1. The van der Waals surface area contributed by atoms with Crippen LogP contribution in [0.5, 0.6) is 0 Å². The third-order valence-electron chi connectivity index (χ3n) is 5.51. The van der Waals surface area contributed by atoms with Crippen LogP contribution >= 0.6 is 11.8 Å². The van der Waals surface area contributed by atoms with E-state index in [1.54, 1.807) is 18.0 Å². The maximum absolute atomic E-state index is 13.4. The minimum Gasteiger partial charge on any atom is -0.341 e. The van der Waals surface area contributed by atoms with Gasteiger partial charge >= 0.3 is 0 Å². The second-order valence-corrected chi connectivity index (χ2v) is 9.32. The maximum Gasteiger partial charge on any atom is 0.235 e. The lowest BCUT2D eigenvalue weighted by molar-refractivity contribution is -0.129. The van der Waals surface area contributed by atoms with Crippen LogP contribution in [0.3, 0.4) is 0 Å². The molecule has 1 aromatic carbocycles. The Balaban J connectivity index is 1.44. The Morgan fingerprint density at radius 2 is 2.03 bits per heavy atom. The first-order valence-electron chi connectivity index (χ1n) is 10.4. The van der Waals surface area contributed by atoms with Gasteiger partial charge in [0.1, 0.15) is 5.82 Å². The van der Waals surface area contributed by atoms with Gasteiger partial charge in [-0.15, -0.1) is 10.2 Å². The van der Waals surface area contributed by atoms with Crippen molar-refractivity contribution in [2.24, 2.45) is 0 Å². The lowest BCUT2D eigenvalue weighted by atomic mass is 10.1. The Hall–Kier alpha value is -2.09. The fourth-order valence-electron chi connectivity index (χ4n) is 3.82. The summed E-state index contributed by atoms with van der Waals surface area (Å²) in [5, 5.41) is 9.47. The highest BCUT2D eigenvalue weighted by molar-refractivity contribution is 8.00. The molecular weight excluding hydrogens is 389 g/mol. The molecule has 2 aliphatic rings. The van der Waals surface area contributed by atoms with Crippen molar-refractivity contribution in [3.8, 4) is 0 Å². The molecule has 1 aliphatic carbocycles. The Bertz CT molecular complexity index is 863. The molecule has 2 heterocycles. The molecule has 4 rings (SSSR count). The third-order valence-corrected chi connectivity index (χ3v) is 6.56. The van der Waals surface area contributed by atoms with Crippen LogP contribution in [0.15, 0.2) is 29.4 Å². The minimum absolute atomic E-state index is 0.00382. The van der Waals surface area contributed by atoms with Crippen molar-refractivity contribution < 1.29 is 9.18 Å². The van der Waals surface area contributed by atoms with Gasteiger partial charge in [0, 0.05) is 32.7 Å². The number of rotatable bonds is 7. The molecule has 1 aromatic heterocycles. The number of thioether (sulfide) groups is 1. The van der Waals surface area contributed by atoms with Gasteiger partial charge in [0.2, 0.25) is 11.9 Å². The zero-order valence-electron chi connectivity index (χ0n) is 17.1. The van der Waals surface area contributed by atoms with Gasteiger partial charge in [0.15, 0.2) is 5.16 Å². The van der Waals surface area contributed by atoms with E-state index in [1.165, 1.54) is 43.2 Å². The third kappa shape index (κ3) is 4.74. The van der Waals surface area contributed by atoms with E-state index in [1.807, 2.05) is 13.0 Å². The number of benzene rings is 1. The van der Waals surface area contributed by atoms with Crippen molar-refractivity contribution in [1.29, 1.82) is 0 Å². The normalized spacial score (nSPS) is 18.0. The zero-order chi connectivity index (χ0) is 20.4. The molecule has 8 heteroatoms. The highest BCUT2D eigenvalue weighted by Crippen LogP contribution is 2.42. The number of carbonyl (C=O) groups is 1. The Morgan fingerprint density at radius 1 is 1.28 bits per heavy atom. The van der Waals surface area contributed by atoms with Crippen molar-refractivity contribution >= 4 is 23.6 Å². The molecule has 0 spiro atoms. The van der Waals surface area contributed by atoms with Crippen molar-refractivity contribution in [3.05, 3.63) is 35.6 Å². The molecule has 1 unspecified atom stereocenters. The highest BCUT2D eigenvalue weighted by atomic mass is 32.2. The lowest BCUT2D eigenvalue weighted by Crippen LogP contribution is -2.33. The van der Waals surface area contributed by atoms with Crippen LogP contribution in [0.4, 0.5) is 10.3 Å². The van der Waals surface area contributed by atoms with Gasteiger partial charge in [0.05, 0.1) is 5.25 Å². The van der Waals surface area contributed by atoms with Gasteiger partial charge in [-0.05, 0) is 56.7 Å². The molecule has 1 saturated heterocycles. The van der Waals surface area contributed by atoms with Gasteiger partial charge in [-0.25, -0.2) is 4.39 Å². The second-order valence-electron chi connectivity index (χ2n) is 8.02. The summed E-state index contributed by atoms with van der Waals surface area (Å²) in [5.41, 5.74) is 0.784. The highest BCUT2D eigenvalue weighted by Gasteiger charge is 2.33. The van der Waals surface area contributed by atoms with Gasteiger partial charge < -0.3 is 9.80 Å². The molecule has 2 fully saturated rings. The van der Waals surface area contributed by atoms with E-state index in [9.17, 15) is 9.18 Å².